The molecule has 1 amide bonds. The highest BCUT2D eigenvalue weighted by Gasteiger charge is 2.35. The predicted molar refractivity (Wildman–Crippen MR) is 129 cm³/mol. The Labute approximate surface area is 203 Å². The molecule has 3 heterocycles. The number of nitrogens with zero attached hydrogens (tertiary/aromatic N) is 4. The molecule has 0 aliphatic carbocycles. The number of carbonyl (C=O) groups is 1. The lowest BCUT2D eigenvalue weighted by molar-refractivity contribution is 0.122. The van der Waals surface area contributed by atoms with Gasteiger partial charge in [0.2, 0.25) is 5.96 Å². The van der Waals surface area contributed by atoms with Crippen LogP contribution < -0.4 is 19.4 Å². The fourth-order valence-electron chi connectivity index (χ4n) is 4.43. The fourth-order valence-corrected chi connectivity index (χ4v) is 5.67. The van der Waals surface area contributed by atoms with Crippen molar-refractivity contribution in [2.45, 2.75) is 17.9 Å². The van der Waals surface area contributed by atoms with E-state index in [1.807, 2.05) is 11.8 Å². The number of morpholine rings is 1. The quantitative estimate of drug-likeness (QED) is 0.667. The highest BCUT2D eigenvalue weighted by Crippen LogP contribution is 2.30. The van der Waals surface area contributed by atoms with E-state index in [1.54, 1.807) is 35.2 Å². The van der Waals surface area contributed by atoms with Crippen molar-refractivity contribution in [1.29, 1.82) is 0 Å². The standard InChI is InChI=1S/C23H26FN5O5S/c1-2-28-20-5-3-4-6-21(20)35(31,32)26-22(28)25-14-17-15-29(23(30)34-17)16-7-8-19(18(24)13-16)27-9-11-33-12-10-27/h3-8,13,17H,2,9-12,14-15H2,1H3,(H,25,26)/t17-/m0/s1. The summed E-state index contributed by atoms with van der Waals surface area (Å²) in [6, 6.07) is 11.4. The Bertz CT molecular complexity index is 1260. The Kier molecular flexibility index (Phi) is 6.24. The van der Waals surface area contributed by atoms with Crippen LogP contribution in [0.4, 0.5) is 26.2 Å². The maximum absolute atomic E-state index is 14.8. The minimum absolute atomic E-state index is 0.0487. The largest absolute Gasteiger partial charge is 0.442 e. The summed E-state index contributed by atoms with van der Waals surface area (Å²) in [5, 5.41) is 0. The van der Waals surface area contributed by atoms with E-state index >= 15 is 0 Å². The Morgan fingerprint density at radius 2 is 1.91 bits per heavy atom. The molecule has 2 aromatic rings. The van der Waals surface area contributed by atoms with Crippen molar-refractivity contribution in [2.24, 2.45) is 4.99 Å². The van der Waals surface area contributed by atoms with E-state index < -0.39 is 28.0 Å². The van der Waals surface area contributed by atoms with Gasteiger partial charge in [-0.1, -0.05) is 12.1 Å². The summed E-state index contributed by atoms with van der Waals surface area (Å²) < 4.78 is 53.4. The third-order valence-corrected chi connectivity index (χ3v) is 7.53. The second-order valence-electron chi connectivity index (χ2n) is 8.33. The molecule has 1 N–H and O–H groups in total. The first-order chi connectivity index (χ1) is 16.9. The van der Waals surface area contributed by atoms with Crippen LogP contribution in [0.15, 0.2) is 52.4 Å². The van der Waals surface area contributed by atoms with Crippen molar-refractivity contribution < 1.29 is 27.1 Å². The molecule has 5 rings (SSSR count). The summed E-state index contributed by atoms with van der Waals surface area (Å²) in [6.07, 6.45) is -1.21. The number of fused-ring (bicyclic) bond motifs is 1. The van der Waals surface area contributed by atoms with Gasteiger partial charge in [-0.3, -0.25) is 4.90 Å². The van der Waals surface area contributed by atoms with Crippen LogP contribution in [0.1, 0.15) is 6.92 Å². The molecule has 0 aromatic heterocycles. The molecule has 2 aromatic carbocycles. The zero-order valence-corrected chi connectivity index (χ0v) is 20.0. The monoisotopic (exact) mass is 503 g/mol. The molecule has 0 radical (unpaired) electrons. The van der Waals surface area contributed by atoms with Crippen LogP contribution in [0, 0.1) is 5.82 Å². The highest BCUT2D eigenvalue weighted by molar-refractivity contribution is 7.90. The first kappa shape index (κ1) is 23.4. The molecule has 1 atom stereocenters. The van der Waals surface area contributed by atoms with Gasteiger partial charge < -0.3 is 19.3 Å². The summed E-state index contributed by atoms with van der Waals surface area (Å²) >= 11 is 0. The van der Waals surface area contributed by atoms with Gasteiger partial charge in [0, 0.05) is 19.6 Å². The Morgan fingerprint density at radius 3 is 2.66 bits per heavy atom. The van der Waals surface area contributed by atoms with E-state index in [1.165, 1.54) is 17.0 Å². The third-order valence-electron chi connectivity index (χ3n) is 6.16. The number of nitrogens with one attached hydrogen (secondary N) is 1. The summed E-state index contributed by atoms with van der Waals surface area (Å²) in [5.41, 5.74) is 1.40. The van der Waals surface area contributed by atoms with E-state index in [0.29, 0.717) is 49.9 Å². The van der Waals surface area contributed by atoms with Gasteiger partial charge >= 0.3 is 6.09 Å². The Hall–Kier alpha value is -3.38. The number of guanidine groups is 1. The van der Waals surface area contributed by atoms with E-state index in [-0.39, 0.29) is 23.9 Å². The normalized spacial score (nSPS) is 22.7. The van der Waals surface area contributed by atoms with Crippen molar-refractivity contribution in [2.75, 3.05) is 60.6 Å². The smallest absolute Gasteiger partial charge is 0.414 e. The maximum Gasteiger partial charge on any atom is 0.414 e. The third kappa shape index (κ3) is 4.50. The first-order valence-electron chi connectivity index (χ1n) is 11.4. The number of halogens is 1. The number of hydrogen-bond acceptors (Lipinski definition) is 7. The lowest BCUT2D eigenvalue weighted by atomic mass is 10.2. The molecule has 0 saturated carbocycles. The molecule has 0 unspecified atom stereocenters. The number of amides is 1. The molecule has 12 heteroatoms. The molecule has 3 aliphatic heterocycles. The van der Waals surface area contributed by atoms with Crippen molar-refractivity contribution in [3.63, 3.8) is 0 Å². The molecule has 3 aliphatic rings. The average molecular weight is 504 g/mol. The molecular formula is C23H26FN5O5S. The number of rotatable bonds is 5. The van der Waals surface area contributed by atoms with E-state index in [2.05, 4.69) is 9.71 Å². The van der Waals surface area contributed by atoms with Crippen molar-refractivity contribution >= 4 is 39.1 Å². The predicted octanol–water partition coefficient (Wildman–Crippen LogP) is 2.16. The first-order valence-corrected chi connectivity index (χ1v) is 12.9. The van der Waals surface area contributed by atoms with Crippen LogP contribution in [0.2, 0.25) is 0 Å². The van der Waals surface area contributed by atoms with Gasteiger partial charge in [0.05, 0.1) is 43.4 Å². The van der Waals surface area contributed by atoms with Crippen molar-refractivity contribution in [1.82, 2.24) is 4.72 Å². The van der Waals surface area contributed by atoms with Crippen LogP contribution in [0.25, 0.3) is 0 Å². The van der Waals surface area contributed by atoms with Crippen LogP contribution in [-0.4, -0.2) is 72.5 Å². The second kappa shape index (κ2) is 9.34. The van der Waals surface area contributed by atoms with Gasteiger partial charge in [-0.2, -0.15) is 0 Å². The molecule has 0 bridgehead atoms. The topological polar surface area (TPSA) is 104 Å². The number of cyclic esters (lactones) is 1. The number of ether oxygens (including phenoxy) is 2. The van der Waals surface area contributed by atoms with E-state index in [0.717, 1.165) is 0 Å². The average Bonchev–Trinajstić information content (AvgIpc) is 3.23. The van der Waals surface area contributed by atoms with Gasteiger partial charge in [-0.25, -0.2) is 27.3 Å². The van der Waals surface area contributed by atoms with Crippen LogP contribution in [0.5, 0.6) is 0 Å². The highest BCUT2D eigenvalue weighted by atomic mass is 32.2. The molecular weight excluding hydrogens is 477 g/mol. The van der Waals surface area contributed by atoms with Gasteiger partial charge in [-0.15, -0.1) is 0 Å². The van der Waals surface area contributed by atoms with Crippen molar-refractivity contribution in [3.05, 3.63) is 48.3 Å². The minimum Gasteiger partial charge on any atom is -0.442 e. The van der Waals surface area contributed by atoms with Crippen LogP contribution >= 0.6 is 0 Å². The number of aliphatic imine (C=N–C) groups is 1. The van der Waals surface area contributed by atoms with E-state index in [4.69, 9.17) is 9.47 Å². The van der Waals surface area contributed by atoms with Crippen LogP contribution in [-0.2, 0) is 19.5 Å². The van der Waals surface area contributed by atoms with Crippen molar-refractivity contribution in [3.8, 4) is 0 Å². The maximum atomic E-state index is 14.8. The molecule has 2 saturated heterocycles. The van der Waals surface area contributed by atoms with Gasteiger partial charge in [0.1, 0.15) is 16.8 Å². The fraction of sp³-hybridized carbons (Fsp3) is 0.391. The number of sulfonamides is 1. The van der Waals surface area contributed by atoms with Crippen LogP contribution in [0.3, 0.4) is 0 Å². The number of benzene rings is 2. The molecule has 10 nitrogen and oxygen atoms in total. The number of carbonyl (C=O) groups excluding carboxylic acids is 1. The zero-order valence-electron chi connectivity index (χ0n) is 19.2. The number of hydrogen-bond donors (Lipinski definition) is 1. The Balaban J connectivity index is 1.30. The minimum atomic E-state index is -3.76. The molecule has 186 valence electrons. The number of para-hydroxylation sites is 1. The summed E-state index contributed by atoms with van der Waals surface area (Å²) in [5.74, 6) is -0.253. The Morgan fingerprint density at radius 1 is 1.14 bits per heavy atom. The van der Waals surface area contributed by atoms with E-state index in [9.17, 15) is 17.6 Å². The second-order valence-corrected chi connectivity index (χ2v) is 9.98. The van der Waals surface area contributed by atoms with Gasteiger partial charge in [0.15, 0.2) is 0 Å². The lowest BCUT2D eigenvalue weighted by Crippen LogP contribution is -2.49. The SMILES string of the molecule is CCN1C(=NC[C@H]2CN(c3ccc(N4CCOCC4)c(F)c3)C(=O)O2)NS(=O)(=O)c2ccccc21. The molecule has 35 heavy (non-hydrogen) atoms. The summed E-state index contributed by atoms with van der Waals surface area (Å²) in [7, 11) is -3.76. The lowest BCUT2D eigenvalue weighted by Gasteiger charge is -2.31. The zero-order chi connectivity index (χ0) is 24.6. The summed E-state index contributed by atoms with van der Waals surface area (Å²) in [6.45, 7) is 4.89. The molecule has 2 fully saturated rings. The van der Waals surface area contributed by atoms with Gasteiger partial charge in [0.25, 0.3) is 10.0 Å². The van der Waals surface area contributed by atoms with Gasteiger partial charge in [-0.05, 0) is 37.3 Å². The summed E-state index contributed by atoms with van der Waals surface area (Å²) in [4.78, 5) is 22.1. The molecule has 0 spiro atoms. The number of anilines is 3.